The summed E-state index contributed by atoms with van der Waals surface area (Å²) in [5.41, 5.74) is 6.39. The first kappa shape index (κ1) is 22.1. The highest BCUT2D eigenvalue weighted by atomic mass is 16.5. The van der Waals surface area contributed by atoms with E-state index in [4.69, 9.17) is 4.74 Å². The van der Waals surface area contributed by atoms with Crippen molar-refractivity contribution in [1.82, 2.24) is 0 Å². The average Bonchev–Trinajstić information content (AvgIpc) is 2.75. The van der Waals surface area contributed by atoms with E-state index < -0.39 is 6.10 Å². The molecule has 0 spiro atoms. The van der Waals surface area contributed by atoms with E-state index in [1.165, 1.54) is 0 Å². The first-order valence-corrected chi connectivity index (χ1v) is 10.3. The molecule has 0 aromatic heterocycles. The summed E-state index contributed by atoms with van der Waals surface area (Å²) in [4.78, 5) is 25.1. The molecule has 0 bridgehead atoms. The highest BCUT2D eigenvalue weighted by Crippen LogP contribution is 2.21. The lowest BCUT2D eigenvalue weighted by molar-refractivity contribution is -0.122. The number of amides is 2. The van der Waals surface area contributed by atoms with Crippen LogP contribution in [0.25, 0.3) is 0 Å². The number of rotatable bonds is 6. The van der Waals surface area contributed by atoms with Gasteiger partial charge < -0.3 is 15.4 Å². The van der Waals surface area contributed by atoms with E-state index in [1.807, 2.05) is 64.1 Å². The summed E-state index contributed by atoms with van der Waals surface area (Å²) < 4.78 is 5.76. The van der Waals surface area contributed by atoms with Crippen molar-refractivity contribution in [2.75, 3.05) is 10.6 Å². The van der Waals surface area contributed by atoms with E-state index in [2.05, 4.69) is 10.6 Å². The highest BCUT2D eigenvalue weighted by Gasteiger charge is 2.16. The van der Waals surface area contributed by atoms with Crippen molar-refractivity contribution in [3.05, 3.63) is 88.5 Å². The van der Waals surface area contributed by atoms with E-state index in [9.17, 15) is 9.59 Å². The van der Waals surface area contributed by atoms with E-state index in [1.54, 1.807) is 31.2 Å². The highest BCUT2D eigenvalue weighted by molar-refractivity contribution is 6.04. The van der Waals surface area contributed by atoms with E-state index in [0.29, 0.717) is 11.3 Å². The third-order valence-electron chi connectivity index (χ3n) is 5.51. The molecule has 5 nitrogen and oxygen atoms in total. The Morgan fingerprint density at radius 1 is 0.742 bits per heavy atom. The molecule has 0 aliphatic rings. The van der Waals surface area contributed by atoms with Gasteiger partial charge in [0.25, 0.3) is 11.8 Å². The molecule has 0 saturated heterocycles. The summed E-state index contributed by atoms with van der Waals surface area (Å²) in [6, 6.07) is 18.3. The average molecular weight is 417 g/mol. The van der Waals surface area contributed by atoms with Crippen molar-refractivity contribution < 1.29 is 14.3 Å². The van der Waals surface area contributed by atoms with Crippen LogP contribution in [0.1, 0.15) is 39.5 Å². The molecule has 0 aliphatic heterocycles. The Labute approximate surface area is 183 Å². The zero-order chi connectivity index (χ0) is 22.5. The first-order chi connectivity index (χ1) is 14.8. The molecule has 2 N–H and O–H groups in total. The summed E-state index contributed by atoms with van der Waals surface area (Å²) in [5, 5.41) is 5.85. The Bertz CT molecular complexity index is 1100. The number of carbonyl (C=O) groups excluding carboxylic acids is 2. The molecule has 31 heavy (non-hydrogen) atoms. The smallest absolute Gasteiger partial charge is 0.265 e. The van der Waals surface area contributed by atoms with Gasteiger partial charge in [-0.2, -0.15) is 0 Å². The maximum Gasteiger partial charge on any atom is 0.265 e. The number of carbonyl (C=O) groups is 2. The normalized spacial score (nSPS) is 11.5. The molecule has 5 heteroatoms. The molecule has 3 aromatic rings. The van der Waals surface area contributed by atoms with Gasteiger partial charge in [0.2, 0.25) is 0 Å². The Morgan fingerprint density at radius 3 is 1.81 bits per heavy atom. The summed E-state index contributed by atoms with van der Waals surface area (Å²) in [6.07, 6.45) is -0.686. The predicted molar refractivity (Wildman–Crippen MR) is 125 cm³/mol. The molecule has 0 radical (unpaired) electrons. The molecule has 2 amide bonds. The van der Waals surface area contributed by atoms with Crippen molar-refractivity contribution in [1.29, 1.82) is 0 Å². The van der Waals surface area contributed by atoms with Crippen LogP contribution in [0.3, 0.4) is 0 Å². The molecule has 160 valence electrons. The SMILES string of the molecule is Cc1cccc(NC(=O)c2ccc(O[C@@H](C)C(=O)Nc3cccc(C)c3C)cc2)c1C. The second kappa shape index (κ2) is 9.47. The number of hydrogen-bond donors (Lipinski definition) is 2. The zero-order valence-electron chi connectivity index (χ0n) is 18.6. The predicted octanol–water partition coefficient (Wildman–Crippen LogP) is 5.58. The summed E-state index contributed by atoms with van der Waals surface area (Å²) >= 11 is 0. The van der Waals surface area contributed by atoms with E-state index >= 15 is 0 Å². The minimum absolute atomic E-state index is 0.194. The summed E-state index contributed by atoms with van der Waals surface area (Å²) in [7, 11) is 0. The van der Waals surface area contributed by atoms with Gasteiger partial charge in [0.05, 0.1) is 0 Å². The molecule has 0 fully saturated rings. The fourth-order valence-corrected chi connectivity index (χ4v) is 3.14. The van der Waals surface area contributed by atoms with Crippen LogP contribution in [0.2, 0.25) is 0 Å². The van der Waals surface area contributed by atoms with Gasteiger partial charge in [-0.3, -0.25) is 9.59 Å². The lowest BCUT2D eigenvalue weighted by atomic mass is 10.1. The number of aryl methyl sites for hydroxylation is 2. The summed E-state index contributed by atoms with van der Waals surface area (Å²) in [6.45, 7) is 9.66. The largest absolute Gasteiger partial charge is 0.481 e. The lowest BCUT2D eigenvalue weighted by Gasteiger charge is -2.16. The number of benzene rings is 3. The number of anilines is 2. The Kier molecular flexibility index (Phi) is 6.75. The van der Waals surface area contributed by atoms with Gasteiger partial charge in [0.15, 0.2) is 6.10 Å². The van der Waals surface area contributed by atoms with Crippen molar-refractivity contribution in [2.24, 2.45) is 0 Å². The van der Waals surface area contributed by atoms with Gasteiger partial charge in [-0.15, -0.1) is 0 Å². The van der Waals surface area contributed by atoms with Crippen LogP contribution in [0.5, 0.6) is 5.75 Å². The summed E-state index contributed by atoms with van der Waals surface area (Å²) in [5.74, 6) is 0.0957. The quantitative estimate of drug-likeness (QED) is 0.551. The van der Waals surface area contributed by atoms with Crippen LogP contribution in [0.4, 0.5) is 11.4 Å². The number of ether oxygens (including phenoxy) is 1. The molecule has 0 saturated carbocycles. The Balaban J connectivity index is 1.61. The van der Waals surface area contributed by atoms with Crippen LogP contribution in [-0.4, -0.2) is 17.9 Å². The van der Waals surface area contributed by atoms with E-state index in [-0.39, 0.29) is 11.8 Å². The lowest BCUT2D eigenvalue weighted by Crippen LogP contribution is -2.30. The van der Waals surface area contributed by atoms with Crippen LogP contribution < -0.4 is 15.4 Å². The fourth-order valence-electron chi connectivity index (χ4n) is 3.14. The van der Waals surface area contributed by atoms with Crippen molar-refractivity contribution >= 4 is 23.2 Å². The first-order valence-electron chi connectivity index (χ1n) is 10.3. The second-order valence-corrected chi connectivity index (χ2v) is 7.72. The molecule has 0 unspecified atom stereocenters. The van der Waals surface area contributed by atoms with Crippen molar-refractivity contribution in [2.45, 2.75) is 40.7 Å². The standard InChI is InChI=1S/C26H28N2O3/c1-16-8-6-10-23(18(16)3)27-25(29)20(5)31-22-14-12-21(13-15-22)26(30)28-24-11-7-9-17(2)19(24)4/h6-15,20H,1-5H3,(H,27,29)(H,28,30)/t20-/m0/s1. The molecule has 1 atom stereocenters. The second-order valence-electron chi connectivity index (χ2n) is 7.72. The molecule has 3 aromatic carbocycles. The minimum Gasteiger partial charge on any atom is -0.481 e. The minimum atomic E-state index is -0.686. The molecular formula is C26H28N2O3. The van der Waals surface area contributed by atoms with Gasteiger partial charge in [0.1, 0.15) is 5.75 Å². The topological polar surface area (TPSA) is 67.4 Å². The Morgan fingerprint density at radius 2 is 1.26 bits per heavy atom. The van der Waals surface area contributed by atoms with Gasteiger partial charge in [0, 0.05) is 16.9 Å². The monoisotopic (exact) mass is 416 g/mol. The van der Waals surface area contributed by atoms with Crippen LogP contribution in [0.15, 0.2) is 60.7 Å². The maximum absolute atomic E-state index is 12.6. The van der Waals surface area contributed by atoms with Gasteiger partial charge in [-0.05, 0) is 93.3 Å². The van der Waals surface area contributed by atoms with Crippen molar-refractivity contribution in [3.63, 3.8) is 0 Å². The number of nitrogens with one attached hydrogen (secondary N) is 2. The molecule has 0 aliphatic carbocycles. The van der Waals surface area contributed by atoms with E-state index in [0.717, 1.165) is 33.6 Å². The van der Waals surface area contributed by atoms with Gasteiger partial charge >= 0.3 is 0 Å². The zero-order valence-corrected chi connectivity index (χ0v) is 18.6. The molecule has 3 rings (SSSR count). The van der Waals surface area contributed by atoms with Crippen LogP contribution >= 0.6 is 0 Å². The Hall–Kier alpha value is -3.60. The van der Waals surface area contributed by atoms with Crippen LogP contribution in [0, 0.1) is 27.7 Å². The third kappa shape index (κ3) is 5.31. The van der Waals surface area contributed by atoms with Crippen LogP contribution in [-0.2, 0) is 4.79 Å². The fraction of sp³-hybridized carbons (Fsp3) is 0.231. The molecule has 0 heterocycles. The maximum atomic E-state index is 12.6. The van der Waals surface area contributed by atoms with Crippen molar-refractivity contribution in [3.8, 4) is 5.75 Å². The van der Waals surface area contributed by atoms with Gasteiger partial charge in [-0.1, -0.05) is 24.3 Å². The van der Waals surface area contributed by atoms with Gasteiger partial charge in [-0.25, -0.2) is 0 Å². The molecular weight excluding hydrogens is 388 g/mol. The third-order valence-corrected chi connectivity index (χ3v) is 5.51. The number of hydrogen-bond acceptors (Lipinski definition) is 3.